The molecule has 1 spiro atoms. The maximum atomic E-state index is 12.7. The molecule has 3 aliphatic rings. The van der Waals surface area contributed by atoms with Gasteiger partial charge in [0.2, 0.25) is 5.95 Å². The molecule has 2 aliphatic heterocycles. The van der Waals surface area contributed by atoms with Crippen molar-refractivity contribution >= 4 is 34.4 Å². The smallest absolute Gasteiger partial charge is 0.268 e. The first-order chi connectivity index (χ1) is 18.5. The third-order valence-electron chi connectivity index (χ3n) is 9.16. The van der Waals surface area contributed by atoms with E-state index in [9.17, 15) is 4.79 Å². The molecule has 3 aromatic heterocycles. The molecular weight excluding hydrogens is 474 g/mol. The van der Waals surface area contributed by atoms with Gasteiger partial charge in [-0.2, -0.15) is 4.98 Å². The number of anilines is 3. The Balaban J connectivity index is 1.20. The van der Waals surface area contributed by atoms with Crippen LogP contribution in [0, 0.1) is 11.8 Å². The van der Waals surface area contributed by atoms with Gasteiger partial charge < -0.3 is 20.1 Å². The minimum absolute atomic E-state index is 0.0226. The van der Waals surface area contributed by atoms with Crippen molar-refractivity contribution in [3.63, 3.8) is 0 Å². The number of carbonyl (C=O) groups is 1. The van der Waals surface area contributed by atoms with Crippen molar-refractivity contribution in [3.8, 4) is 0 Å². The summed E-state index contributed by atoms with van der Waals surface area (Å²) in [7, 11) is 0. The quantitative estimate of drug-likeness (QED) is 0.442. The molecule has 1 aliphatic carbocycles. The maximum absolute atomic E-state index is 12.7. The fourth-order valence-corrected chi connectivity index (χ4v) is 6.92. The zero-order chi connectivity index (χ0) is 26.1. The topological polar surface area (TPSA) is 88.0 Å². The highest BCUT2D eigenvalue weighted by Crippen LogP contribution is 2.40. The van der Waals surface area contributed by atoms with Gasteiger partial charge in [0, 0.05) is 31.2 Å². The molecular formula is C30H41N7O. The van der Waals surface area contributed by atoms with Crippen LogP contribution in [0.15, 0.2) is 30.6 Å². The Kier molecular flexibility index (Phi) is 6.97. The lowest BCUT2D eigenvalue weighted by Gasteiger charge is -2.42. The van der Waals surface area contributed by atoms with E-state index >= 15 is 0 Å². The summed E-state index contributed by atoms with van der Waals surface area (Å²) in [6.07, 6.45) is 16.0. The van der Waals surface area contributed by atoms with Crippen LogP contribution in [0.5, 0.6) is 0 Å². The SMILES string of the molecule is CC(C)C1CCCCN(c2ccc(Nc3ncc4cc5n(c4n3)C3(CCCCC3)CNC5=O)nc2)CCC1. The molecule has 1 atom stereocenters. The Labute approximate surface area is 225 Å². The average Bonchev–Trinajstić information content (AvgIpc) is 3.37. The van der Waals surface area contributed by atoms with Crippen LogP contribution in [0.25, 0.3) is 11.0 Å². The highest BCUT2D eigenvalue weighted by atomic mass is 16.2. The number of amides is 1. The van der Waals surface area contributed by atoms with Gasteiger partial charge in [0.1, 0.15) is 17.2 Å². The Morgan fingerprint density at radius 2 is 1.82 bits per heavy atom. The van der Waals surface area contributed by atoms with E-state index in [-0.39, 0.29) is 11.4 Å². The summed E-state index contributed by atoms with van der Waals surface area (Å²) in [6.45, 7) is 7.59. The largest absolute Gasteiger partial charge is 0.370 e. The van der Waals surface area contributed by atoms with Gasteiger partial charge >= 0.3 is 0 Å². The third-order valence-corrected chi connectivity index (χ3v) is 9.16. The molecule has 0 radical (unpaired) electrons. The second-order valence-electron chi connectivity index (χ2n) is 12.0. The van der Waals surface area contributed by atoms with Gasteiger partial charge in [-0.15, -0.1) is 0 Å². The number of rotatable bonds is 4. The fraction of sp³-hybridized carbons (Fsp3) is 0.600. The minimum Gasteiger partial charge on any atom is -0.370 e. The monoisotopic (exact) mass is 515 g/mol. The molecule has 0 aromatic carbocycles. The molecule has 8 heteroatoms. The zero-order valence-corrected chi connectivity index (χ0v) is 22.9. The van der Waals surface area contributed by atoms with Crippen LogP contribution < -0.4 is 15.5 Å². The van der Waals surface area contributed by atoms with E-state index in [0.29, 0.717) is 18.2 Å². The lowest BCUT2D eigenvalue weighted by Crippen LogP contribution is -2.52. The van der Waals surface area contributed by atoms with Gasteiger partial charge in [-0.1, -0.05) is 46.0 Å². The van der Waals surface area contributed by atoms with Crippen molar-refractivity contribution in [2.45, 2.75) is 83.6 Å². The lowest BCUT2D eigenvalue weighted by atomic mass is 9.80. The first kappa shape index (κ1) is 25.1. The molecule has 38 heavy (non-hydrogen) atoms. The highest BCUT2D eigenvalue weighted by molar-refractivity contribution is 5.99. The second kappa shape index (κ2) is 10.5. The Hall–Kier alpha value is -3.16. The normalized spacial score (nSPS) is 22.0. The Bertz CT molecular complexity index is 1280. The summed E-state index contributed by atoms with van der Waals surface area (Å²) in [5.41, 5.74) is 2.63. The lowest BCUT2D eigenvalue weighted by molar-refractivity contribution is 0.0833. The van der Waals surface area contributed by atoms with Gasteiger partial charge in [-0.25, -0.2) is 9.97 Å². The summed E-state index contributed by atoms with van der Waals surface area (Å²) in [6, 6.07) is 6.12. The molecule has 1 unspecified atom stereocenters. The van der Waals surface area contributed by atoms with E-state index in [0.717, 1.165) is 54.6 Å². The van der Waals surface area contributed by atoms with Crippen LogP contribution in [0.2, 0.25) is 0 Å². The van der Waals surface area contributed by atoms with Crippen molar-refractivity contribution in [1.82, 2.24) is 24.8 Å². The van der Waals surface area contributed by atoms with Crippen molar-refractivity contribution < 1.29 is 4.79 Å². The molecule has 5 heterocycles. The molecule has 1 amide bonds. The number of nitrogens with zero attached hydrogens (tertiary/aromatic N) is 5. The highest BCUT2D eigenvalue weighted by Gasteiger charge is 2.41. The summed E-state index contributed by atoms with van der Waals surface area (Å²) in [4.78, 5) is 29.4. The number of hydrogen-bond acceptors (Lipinski definition) is 6. The number of fused-ring (bicyclic) bond motifs is 4. The summed E-state index contributed by atoms with van der Waals surface area (Å²) in [5.74, 6) is 2.85. The molecule has 2 fully saturated rings. The minimum atomic E-state index is -0.0884. The van der Waals surface area contributed by atoms with Crippen LogP contribution in [-0.4, -0.2) is 45.1 Å². The first-order valence-electron chi connectivity index (χ1n) is 14.7. The standard InChI is InChI=1S/C30H41N7O/c1-21(2)22-9-4-7-15-36(16-8-10-22)24-11-12-26(31-19-24)34-29-32-18-23-17-25-28(38)33-20-30(13-5-3-6-14-30)37(25)27(23)35-29/h11-12,17-19,21-22H,3-10,13-16,20H2,1-2H3,(H,33,38)(H,31,32,34,35). The molecule has 1 saturated heterocycles. The molecule has 2 N–H and O–H groups in total. The van der Waals surface area contributed by atoms with Crippen molar-refractivity contribution in [3.05, 3.63) is 36.3 Å². The van der Waals surface area contributed by atoms with Crippen LogP contribution >= 0.6 is 0 Å². The average molecular weight is 516 g/mol. The van der Waals surface area contributed by atoms with Crippen molar-refractivity contribution in [1.29, 1.82) is 0 Å². The number of pyridine rings is 1. The van der Waals surface area contributed by atoms with Crippen LogP contribution in [0.4, 0.5) is 17.5 Å². The molecule has 8 nitrogen and oxygen atoms in total. The number of hydrogen-bond donors (Lipinski definition) is 2. The van der Waals surface area contributed by atoms with Gasteiger partial charge in [0.05, 0.1) is 17.4 Å². The number of nitrogens with one attached hydrogen (secondary N) is 2. The van der Waals surface area contributed by atoms with E-state index in [1.165, 1.54) is 57.1 Å². The van der Waals surface area contributed by atoms with Gasteiger partial charge in [0.15, 0.2) is 0 Å². The first-order valence-corrected chi connectivity index (χ1v) is 14.7. The molecule has 3 aromatic rings. The van der Waals surface area contributed by atoms with Crippen LogP contribution in [0.3, 0.4) is 0 Å². The second-order valence-corrected chi connectivity index (χ2v) is 12.0. The zero-order valence-electron chi connectivity index (χ0n) is 22.9. The molecule has 1 saturated carbocycles. The van der Waals surface area contributed by atoms with Gasteiger partial charge in [-0.3, -0.25) is 4.79 Å². The van der Waals surface area contributed by atoms with Gasteiger partial charge in [0.25, 0.3) is 5.91 Å². The van der Waals surface area contributed by atoms with Crippen LogP contribution in [-0.2, 0) is 5.54 Å². The molecule has 0 bridgehead atoms. The van der Waals surface area contributed by atoms with E-state index in [1.54, 1.807) is 0 Å². The molecule has 6 rings (SSSR count). The van der Waals surface area contributed by atoms with Crippen LogP contribution in [0.1, 0.15) is 88.5 Å². The number of aromatic nitrogens is 4. The molecule has 202 valence electrons. The maximum Gasteiger partial charge on any atom is 0.268 e. The Morgan fingerprint density at radius 3 is 2.61 bits per heavy atom. The fourth-order valence-electron chi connectivity index (χ4n) is 6.92. The predicted octanol–water partition coefficient (Wildman–Crippen LogP) is 6.02. The Morgan fingerprint density at radius 1 is 1.00 bits per heavy atom. The number of carbonyl (C=O) groups excluding carboxylic acids is 1. The van der Waals surface area contributed by atoms with E-state index in [4.69, 9.17) is 9.97 Å². The van der Waals surface area contributed by atoms with E-state index < -0.39 is 0 Å². The third kappa shape index (κ3) is 4.85. The summed E-state index contributed by atoms with van der Waals surface area (Å²) in [5, 5.41) is 7.34. The predicted molar refractivity (Wildman–Crippen MR) is 152 cm³/mol. The van der Waals surface area contributed by atoms with Gasteiger partial charge in [-0.05, 0) is 62.1 Å². The van der Waals surface area contributed by atoms with Crippen molar-refractivity contribution in [2.75, 3.05) is 29.9 Å². The summed E-state index contributed by atoms with van der Waals surface area (Å²) < 4.78 is 2.21. The van der Waals surface area contributed by atoms with E-state index in [2.05, 4.69) is 45.0 Å². The van der Waals surface area contributed by atoms with Crippen molar-refractivity contribution in [2.24, 2.45) is 11.8 Å². The van der Waals surface area contributed by atoms with E-state index in [1.807, 2.05) is 24.5 Å². The summed E-state index contributed by atoms with van der Waals surface area (Å²) >= 11 is 0.